The van der Waals surface area contributed by atoms with Crippen LogP contribution in [-0.4, -0.2) is 15.7 Å². The highest BCUT2D eigenvalue weighted by molar-refractivity contribution is 9.10. The first-order valence-corrected chi connectivity index (χ1v) is 8.75. The highest BCUT2D eigenvalue weighted by Gasteiger charge is 2.10. The SMILES string of the molecule is CCc1ccc(OCn2cc(NC(=O)c3ccccc3Br)cn2)cc1. The summed E-state index contributed by atoms with van der Waals surface area (Å²) in [6.45, 7) is 2.39. The Hall–Kier alpha value is -2.60. The summed E-state index contributed by atoms with van der Waals surface area (Å²) < 4.78 is 8.07. The summed E-state index contributed by atoms with van der Waals surface area (Å²) in [5.74, 6) is 0.592. The molecule has 0 spiro atoms. The van der Waals surface area contributed by atoms with Crippen molar-refractivity contribution in [3.8, 4) is 5.75 Å². The fourth-order valence-corrected chi connectivity index (χ4v) is 2.77. The Balaban J connectivity index is 1.58. The van der Waals surface area contributed by atoms with Gasteiger partial charge in [0.05, 0.1) is 23.6 Å². The number of benzene rings is 2. The molecule has 1 aromatic heterocycles. The molecule has 1 amide bonds. The van der Waals surface area contributed by atoms with Gasteiger partial charge in [-0.05, 0) is 52.2 Å². The number of aryl methyl sites for hydroxylation is 1. The van der Waals surface area contributed by atoms with Gasteiger partial charge in [0.25, 0.3) is 5.91 Å². The molecule has 2 aromatic carbocycles. The van der Waals surface area contributed by atoms with Crippen LogP contribution in [0.25, 0.3) is 0 Å². The number of hydrogen-bond acceptors (Lipinski definition) is 3. The average Bonchev–Trinajstić information content (AvgIpc) is 3.08. The molecule has 6 heteroatoms. The van der Waals surface area contributed by atoms with Gasteiger partial charge in [-0.15, -0.1) is 0 Å². The van der Waals surface area contributed by atoms with Gasteiger partial charge in [-0.3, -0.25) is 4.79 Å². The van der Waals surface area contributed by atoms with Gasteiger partial charge in [0.1, 0.15) is 5.75 Å². The minimum atomic E-state index is -0.192. The molecule has 1 heterocycles. The van der Waals surface area contributed by atoms with Crippen molar-refractivity contribution in [2.24, 2.45) is 0 Å². The number of nitrogens with one attached hydrogen (secondary N) is 1. The number of anilines is 1. The fraction of sp³-hybridized carbons (Fsp3) is 0.158. The van der Waals surface area contributed by atoms with Crippen molar-refractivity contribution in [3.05, 3.63) is 76.5 Å². The van der Waals surface area contributed by atoms with Crippen LogP contribution in [0.2, 0.25) is 0 Å². The zero-order valence-corrected chi connectivity index (χ0v) is 15.4. The molecule has 25 heavy (non-hydrogen) atoms. The van der Waals surface area contributed by atoms with E-state index in [1.165, 1.54) is 5.56 Å². The first kappa shape index (κ1) is 17.2. The monoisotopic (exact) mass is 399 g/mol. The van der Waals surface area contributed by atoms with Crippen LogP contribution in [-0.2, 0) is 13.2 Å². The molecule has 0 aliphatic heterocycles. The van der Waals surface area contributed by atoms with Gasteiger partial charge < -0.3 is 10.1 Å². The molecule has 0 radical (unpaired) electrons. The number of amides is 1. The molecule has 0 fully saturated rings. The van der Waals surface area contributed by atoms with Crippen LogP contribution in [0.4, 0.5) is 5.69 Å². The maximum absolute atomic E-state index is 12.3. The molecule has 0 aliphatic carbocycles. The Morgan fingerprint density at radius 1 is 1.20 bits per heavy atom. The summed E-state index contributed by atoms with van der Waals surface area (Å²) in [6, 6.07) is 15.2. The lowest BCUT2D eigenvalue weighted by Crippen LogP contribution is -2.12. The molecule has 0 unspecified atom stereocenters. The molecule has 3 aromatic rings. The molecular formula is C19H18BrN3O2. The summed E-state index contributed by atoms with van der Waals surface area (Å²) in [5.41, 5.74) is 2.46. The van der Waals surface area contributed by atoms with Crippen LogP contribution < -0.4 is 10.1 Å². The first-order valence-electron chi connectivity index (χ1n) is 7.96. The number of aromatic nitrogens is 2. The standard InChI is InChI=1S/C19H18BrN3O2/c1-2-14-7-9-16(10-8-14)25-13-23-12-15(11-21-23)22-19(24)17-5-3-4-6-18(17)20/h3-12H,2,13H2,1H3,(H,22,24). The first-order chi connectivity index (χ1) is 12.2. The van der Waals surface area contributed by atoms with E-state index in [0.29, 0.717) is 11.3 Å². The van der Waals surface area contributed by atoms with Gasteiger partial charge in [0.2, 0.25) is 0 Å². The lowest BCUT2D eigenvalue weighted by molar-refractivity contribution is 0.102. The number of carbonyl (C=O) groups excluding carboxylic acids is 1. The van der Waals surface area contributed by atoms with E-state index in [1.54, 1.807) is 23.1 Å². The summed E-state index contributed by atoms with van der Waals surface area (Å²) in [7, 11) is 0. The van der Waals surface area contributed by atoms with Gasteiger partial charge in [0, 0.05) is 4.47 Å². The molecule has 0 atom stereocenters. The van der Waals surface area contributed by atoms with Gasteiger partial charge in [-0.2, -0.15) is 5.10 Å². The predicted molar refractivity (Wildman–Crippen MR) is 101 cm³/mol. The van der Waals surface area contributed by atoms with E-state index in [0.717, 1.165) is 16.6 Å². The number of nitrogens with zero attached hydrogens (tertiary/aromatic N) is 2. The zero-order chi connectivity index (χ0) is 17.6. The maximum Gasteiger partial charge on any atom is 0.256 e. The van der Waals surface area contributed by atoms with Crippen molar-refractivity contribution in [1.29, 1.82) is 0 Å². The van der Waals surface area contributed by atoms with Gasteiger partial charge in [-0.25, -0.2) is 4.68 Å². The highest BCUT2D eigenvalue weighted by Crippen LogP contribution is 2.18. The Bertz CT molecular complexity index is 859. The average molecular weight is 400 g/mol. The van der Waals surface area contributed by atoms with E-state index in [-0.39, 0.29) is 12.6 Å². The van der Waals surface area contributed by atoms with E-state index in [9.17, 15) is 4.79 Å². The third-order valence-electron chi connectivity index (χ3n) is 3.70. The van der Waals surface area contributed by atoms with E-state index < -0.39 is 0 Å². The smallest absolute Gasteiger partial charge is 0.256 e. The Kier molecular flexibility index (Phi) is 5.50. The summed E-state index contributed by atoms with van der Waals surface area (Å²) in [6.07, 6.45) is 4.33. The maximum atomic E-state index is 12.3. The van der Waals surface area contributed by atoms with Gasteiger partial charge in [-0.1, -0.05) is 31.2 Å². The second kappa shape index (κ2) is 7.98. The second-order valence-corrected chi connectivity index (χ2v) is 6.33. The number of halogens is 1. The van der Waals surface area contributed by atoms with Crippen molar-refractivity contribution in [3.63, 3.8) is 0 Å². The highest BCUT2D eigenvalue weighted by atomic mass is 79.9. The van der Waals surface area contributed by atoms with Gasteiger partial charge >= 0.3 is 0 Å². The topological polar surface area (TPSA) is 56.1 Å². The minimum absolute atomic E-state index is 0.192. The molecule has 3 rings (SSSR count). The summed E-state index contributed by atoms with van der Waals surface area (Å²) in [4.78, 5) is 12.3. The summed E-state index contributed by atoms with van der Waals surface area (Å²) in [5, 5.41) is 7.02. The zero-order valence-electron chi connectivity index (χ0n) is 13.8. The van der Waals surface area contributed by atoms with Crippen LogP contribution in [0.15, 0.2) is 65.4 Å². The molecule has 0 aliphatic rings. The van der Waals surface area contributed by atoms with Crippen molar-refractivity contribution in [1.82, 2.24) is 9.78 Å². The quantitative estimate of drug-likeness (QED) is 0.663. The Labute approximate surface area is 154 Å². The molecule has 5 nitrogen and oxygen atoms in total. The lowest BCUT2D eigenvalue weighted by Gasteiger charge is -2.07. The number of hydrogen-bond donors (Lipinski definition) is 1. The second-order valence-electron chi connectivity index (χ2n) is 5.47. The van der Waals surface area contributed by atoms with Crippen LogP contribution in [0.1, 0.15) is 22.8 Å². The van der Waals surface area contributed by atoms with E-state index in [4.69, 9.17) is 4.74 Å². The number of carbonyl (C=O) groups is 1. The lowest BCUT2D eigenvalue weighted by atomic mass is 10.2. The van der Waals surface area contributed by atoms with Crippen LogP contribution in [0, 0.1) is 0 Å². The Morgan fingerprint density at radius 3 is 2.68 bits per heavy atom. The van der Waals surface area contributed by atoms with Crippen LogP contribution in [0.3, 0.4) is 0 Å². The van der Waals surface area contributed by atoms with Crippen molar-refractivity contribution < 1.29 is 9.53 Å². The fourth-order valence-electron chi connectivity index (χ4n) is 2.30. The Morgan fingerprint density at radius 2 is 1.96 bits per heavy atom. The van der Waals surface area contributed by atoms with E-state index in [1.807, 2.05) is 42.5 Å². The molecule has 0 bridgehead atoms. The van der Waals surface area contributed by atoms with Crippen molar-refractivity contribution in [2.75, 3.05) is 5.32 Å². The molecule has 128 valence electrons. The normalized spacial score (nSPS) is 10.5. The molecular weight excluding hydrogens is 382 g/mol. The largest absolute Gasteiger partial charge is 0.471 e. The van der Waals surface area contributed by atoms with Crippen molar-refractivity contribution in [2.45, 2.75) is 20.1 Å². The summed E-state index contributed by atoms with van der Waals surface area (Å²) >= 11 is 3.37. The van der Waals surface area contributed by atoms with Crippen LogP contribution >= 0.6 is 15.9 Å². The minimum Gasteiger partial charge on any atom is -0.471 e. The third kappa shape index (κ3) is 4.48. The van der Waals surface area contributed by atoms with Gasteiger partial charge in [0.15, 0.2) is 6.73 Å². The number of rotatable bonds is 6. The van der Waals surface area contributed by atoms with Crippen LogP contribution in [0.5, 0.6) is 5.75 Å². The third-order valence-corrected chi connectivity index (χ3v) is 4.40. The van der Waals surface area contributed by atoms with E-state index in [2.05, 4.69) is 33.3 Å². The van der Waals surface area contributed by atoms with E-state index >= 15 is 0 Å². The van der Waals surface area contributed by atoms with Crippen molar-refractivity contribution >= 4 is 27.5 Å². The number of ether oxygens (including phenoxy) is 1. The molecule has 0 saturated heterocycles. The molecule has 1 N–H and O–H groups in total. The predicted octanol–water partition coefficient (Wildman–Crippen LogP) is 4.50. The molecule has 0 saturated carbocycles.